The van der Waals surface area contributed by atoms with Gasteiger partial charge in [-0.3, -0.25) is 10.1 Å². The summed E-state index contributed by atoms with van der Waals surface area (Å²) in [6, 6.07) is 2.99. The highest BCUT2D eigenvalue weighted by Gasteiger charge is 2.21. The summed E-state index contributed by atoms with van der Waals surface area (Å²) in [6.45, 7) is 1.89. The molecule has 1 aromatic carbocycles. The Kier molecular flexibility index (Phi) is 4.14. The lowest BCUT2D eigenvalue weighted by Gasteiger charge is -2.11. The average Bonchev–Trinajstić information content (AvgIpc) is 2.56. The normalized spacial score (nSPS) is 14.5. The van der Waals surface area contributed by atoms with Gasteiger partial charge in [0, 0.05) is 17.5 Å². The van der Waals surface area contributed by atoms with E-state index in [1.165, 1.54) is 6.07 Å². The number of halogens is 1. The molecule has 1 aromatic rings. The lowest BCUT2D eigenvalue weighted by atomic mass is 10.0. The standard InChI is InChI=1S/C14H16FNO3/c1-2-19-14(18)16-11-8-7-9-10(13(11)15)5-3-4-6-12(9)17/h7-8H,2-6H2,1H3,(H,16,18). The van der Waals surface area contributed by atoms with Gasteiger partial charge in [-0.1, -0.05) is 0 Å². The third-order valence-corrected chi connectivity index (χ3v) is 3.14. The molecule has 19 heavy (non-hydrogen) atoms. The maximum Gasteiger partial charge on any atom is 0.411 e. The van der Waals surface area contributed by atoms with Crippen LogP contribution in [0.2, 0.25) is 0 Å². The Bertz CT molecular complexity index is 514. The van der Waals surface area contributed by atoms with Crippen LogP contribution in [0.4, 0.5) is 14.9 Å². The number of hydrogen-bond donors (Lipinski definition) is 1. The van der Waals surface area contributed by atoms with Crippen LogP contribution in [-0.4, -0.2) is 18.5 Å². The number of ether oxygens (including phenoxy) is 1. The number of rotatable bonds is 2. The Morgan fingerprint density at radius 1 is 1.37 bits per heavy atom. The molecule has 1 amide bonds. The summed E-state index contributed by atoms with van der Waals surface area (Å²) < 4.78 is 19.0. The van der Waals surface area contributed by atoms with E-state index in [-0.39, 0.29) is 18.1 Å². The van der Waals surface area contributed by atoms with E-state index in [4.69, 9.17) is 4.74 Å². The predicted octanol–water partition coefficient (Wildman–Crippen LogP) is 3.30. The highest BCUT2D eigenvalue weighted by Crippen LogP contribution is 2.27. The number of Topliss-reactive ketones (excluding diaryl/α,β-unsaturated/α-hetero) is 1. The van der Waals surface area contributed by atoms with Gasteiger partial charge in [0.15, 0.2) is 11.6 Å². The van der Waals surface area contributed by atoms with Crippen molar-refractivity contribution < 1.29 is 18.7 Å². The summed E-state index contributed by atoms with van der Waals surface area (Å²) >= 11 is 0. The molecule has 0 atom stereocenters. The zero-order valence-corrected chi connectivity index (χ0v) is 10.8. The molecule has 0 fully saturated rings. The van der Waals surface area contributed by atoms with Crippen molar-refractivity contribution in [2.24, 2.45) is 0 Å². The Morgan fingerprint density at radius 2 is 2.11 bits per heavy atom. The SMILES string of the molecule is CCOC(=O)Nc1ccc2c(c1F)CCCCC2=O. The fourth-order valence-electron chi connectivity index (χ4n) is 2.22. The number of ketones is 1. The fourth-order valence-corrected chi connectivity index (χ4v) is 2.22. The molecular formula is C14H16FNO3. The minimum absolute atomic E-state index is 0.0333. The van der Waals surface area contributed by atoms with Crippen molar-refractivity contribution in [3.8, 4) is 0 Å². The molecule has 0 saturated carbocycles. The molecule has 0 aliphatic heterocycles. The van der Waals surface area contributed by atoms with Crippen LogP contribution in [0, 0.1) is 5.82 Å². The van der Waals surface area contributed by atoms with Crippen LogP contribution in [0.25, 0.3) is 0 Å². The van der Waals surface area contributed by atoms with E-state index in [0.717, 1.165) is 12.8 Å². The molecule has 4 nitrogen and oxygen atoms in total. The maximum atomic E-state index is 14.3. The lowest BCUT2D eigenvalue weighted by molar-refractivity contribution is 0.0981. The molecule has 1 N–H and O–H groups in total. The summed E-state index contributed by atoms with van der Waals surface area (Å²) in [7, 11) is 0. The Labute approximate surface area is 110 Å². The van der Waals surface area contributed by atoms with E-state index in [2.05, 4.69) is 5.32 Å². The highest BCUT2D eigenvalue weighted by atomic mass is 19.1. The molecule has 0 aromatic heterocycles. The van der Waals surface area contributed by atoms with Crippen molar-refractivity contribution in [3.05, 3.63) is 29.1 Å². The molecule has 2 rings (SSSR count). The monoisotopic (exact) mass is 265 g/mol. The van der Waals surface area contributed by atoms with E-state index in [1.54, 1.807) is 13.0 Å². The van der Waals surface area contributed by atoms with E-state index in [1.807, 2.05) is 0 Å². The lowest BCUT2D eigenvalue weighted by Crippen LogP contribution is -2.15. The van der Waals surface area contributed by atoms with Crippen LogP contribution in [0.15, 0.2) is 12.1 Å². The van der Waals surface area contributed by atoms with E-state index in [0.29, 0.717) is 24.0 Å². The maximum absolute atomic E-state index is 14.3. The second-order valence-electron chi connectivity index (χ2n) is 4.43. The minimum atomic E-state index is -0.693. The summed E-state index contributed by atoms with van der Waals surface area (Å²) in [5.41, 5.74) is 0.896. The van der Waals surface area contributed by atoms with Crippen LogP contribution in [0.3, 0.4) is 0 Å². The molecule has 0 unspecified atom stereocenters. The molecule has 0 bridgehead atoms. The quantitative estimate of drug-likeness (QED) is 0.835. The van der Waals surface area contributed by atoms with Crippen LogP contribution < -0.4 is 5.32 Å². The number of hydrogen-bond acceptors (Lipinski definition) is 3. The van der Waals surface area contributed by atoms with Gasteiger partial charge in [-0.25, -0.2) is 9.18 Å². The number of fused-ring (bicyclic) bond motifs is 1. The van der Waals surface area contributed by atoms with Gasteiger partial charge in [0.2, 0.25) is 0 Å². The third-order valence-electron chi connectivity index (χ3n) is 3.14. The first-order valence-electron chi connectivity index (χ1n) is 6.41. The zero-order chi connectivity index (χ0) is 13.8. The van der Waals surface area contributed by atoms with E-state index < -0.39 is 11.9 Å². The van der Waals surface area contributed by atoms with Gasteiger partial charge in [0.1, 0.15) is 0 Å². The van der Waals surface area contributed by atoms with Gasteiger partial charge in [-0.05, 0) is 38.3 Å². The van der Waals surface area contributed by atoms with Crippen LogP contribution in [-0.2, 0) is 11.2 Å². The number of anilines is 1. The third kappa shape index (κ3) is 2.92. The second-order valence-corrected chi connectivity index (χ2v) is 4.43. The smallest absolute Gasteiger partial charge is 0.411 e. The summed E-state index contributed by atoms with van der Waals surface area (Å²) in [6.07, 6.45) is 1.83. The Morgan fingerprint density at radius 3 is 2.84 bits per heavy atom. The first-order chi connectivity index (χ1) is 9.13. The predicted molar refractivity (Wildman–Crippen MR) is 68.9 cm³/mol. The molecule has 0 saturated heterocycles. The average molecular weight is 265 g/mol. The Hall–Kier alpha value is -1.91. The van der Waals surface area contributed by atoms with Crippen molar-refractivity contribution >= 4 is 17.6 Å². The highest BCUT2D eigenvalue weighted by molar-refractivity contribution is 5.98. The molecular weight excluding hydrogens is 249 g/mol. The molecule has 1 aliphatic carbocycles. The van der Waals surface area contributed by atoms with Gasteiger partial charge < -0.3 is 4.74 Å². The number of benzene rings is 1. The van der Waals surface area contributed by atoms with E-state index in [9.17, 15) is 14.0 Å². The van der Waals surface area contributed by atoms with E-state index >= 15 is 0 Å². The molecule has 0 heterocycles. The van der Waals surface area contributed by atoms with Gasteiger partial charge in [0.25, 0.3) is 0 Å². The molecule has 102 valence electrons. The van der Waals surface area contributed by atoms with Crippen LogP contribution >= 0.6 is 0 Å². The van der Waals surface area contributed by atoms with Crippen molar-refractivity contribution in [2.45, 2.75) is 32.6 Å². The van der Waals surface area contributed by atoms with Gasteiger partial charge >= 0.3 is 6.09 Å². The van der Waals surface area contributed by atoms with Crippen molar-refractivity contribution in [3.63, 3.8) is 0 Å². The summed E-state index contributed by atoms with van der Waals surface area (Å²) in [4.78, 5) is 23.1. The first-order valence-corrected chi connectivity index (χ1v) is 6.41. The molecule has 1 aliphatic rings. The zero-order valence-electron chi connectivity index (χ0n) is 10.8. The van der Waals surface area contributed by atoms with Crippen LogP contribution in [0.5, 0.6) is 0 Å². The number of carbonyl (C=O) groups excluding carboxylic acids is 2. The fraction of sp³-hybridized carbons (Fsp3) is 0.429. The number of amides is 1. The van der Waals surface area contributed by atoms with Gasteiger partial charge in [-0.15, -0.1) is 0 Å². The minimum Gasteiger partial charge on any atom is -0.450 e. The molecule has 0 radical (unpaired) electrons. The summed E-state index contributed by atoms with van der Waals surface area (Å²) in [5.74, 6) is -0.560. The number of carbonyl (C=O) groups is 2. The number of nitrogens with one attached hydrogen (secondary N) is 1. The van der Waals surface area contributed by atoms with Crippen molar-refractivity contribution in [2.75, 3.05) is 11.9 Å². The van der Waals surface area contributed by atoms with Gasteiger partial charge in [0.05, 0.1) is 12.3 Å². The van der Waals surface area contributed by atoms with Crippen molar-refractivity contribution in [1.29, 1.82) is 0 Å². The topological polar surface area (TPSA) is 55.4 Å². The largest absolute Gasteiger partial charge is 0.450 e. The molecule has 0 spiro atoms. The van der Waals surface area contributed by atoms with Crippen molar-refractivity contribution in [1.82, 2.24) is 0 Å². The first kappa shape index (κ1) is 13.5. The second kappa shape index (κ2) is 5.82. The Balaban J connectivity index is 2.31. The molecule has 5 heteroatoms. The summed E-state index contributed by atoms with van der Waals surface area (Å²) in [5, 5.41) is 2.35. The van der Waals surface area contributed by atoms with Gasteiger partial charge in [-0.2, -0.15) is 0 Å². The van der Waals surface area contributed by atoms with Crippen LogP contribution in [0.1, 0.15) is 42.1 Å².